The molecular weight excluding hydrogens is 378 g/mol. The number of rotatable bonds is 7. The van der Waals surface area contributed by atoms with Crippen LogP contribution in [0.5, 0.6) is 0 Å². The fourth-order valence-electron chi connectivity index (χ4n) is 3.10. The monoisotopic (exact) mass is 401 g/mol. The Balaban J connectivity index is 1.81. The van der Waals surface area contributed by atoms with Gasteiger partial charge in [-0.15, -0.1) is 11.3 Å². The Morgan fingerprint density at radius 3 is 2.75 bits per heavy atom. The minimum Gasteiger partial charge on any atom is -0.469 e. The molecule has 7 nitrogen and oxygen atoms in total. The van der Waals surface area contributed by atoms with Gasteiger partial charge in [-0.1, -0.05) is 0 Å². The number of aryl methyl sites for hydroxylation is 1. The molecule has 0 bridgehead atoms. The average molecular weight is 401 g/mol. The van der Waals surface area contributed by atoms with Gasteiger partial charge in [0.2, 0.25) is 0 Å². The molecule has 2 heterocycles. The maximum absolute atomic E-state index is 12.7. The van der Waals surface area contributed by atoms with Gasteiger partial charge in [-0.25, -0.2) is 4.98 Å². The number of benzene rings is 1. The largest absolute Gasteiger partial charge is 0.469 e. The molecule has 0 spiro atoms. The van der Waals surface area contributed by atoms with Gasteiger partial charge in [0, 0.05) is 41.2 Å². The summed E-state index contributed by atoms with van der Waals surface area (Å²) in [5.41, 5.74) is 4.53. The lowest BCUT2D eigenvalue weighted by atomic mass is 10.1. The first-order valence-electron chi connectivity index (χ1n) is 8.85. The zero-order chi connectivity index (χ0) is 20.3. The van der Waals surface area contributed by atoms with Gasteiger partial charge in [0.15, 0.2) is 5.13 Å². The number of carbonyl (C=O) groups is 2. The molecule has 148 valence electrons. The molecule has 8 heteroatoms. The Hall–Kier alpha value is -2.71. The first-order valence-corrected chi connectivity index (χ1v) is 9.73. The zero-order valence-electron chi connectivity index (χ0n) is 16.4. The lowest BCUT2D eigenvalue weighted by Crippen LogP contribution is -2.12. The number of aromatic nitrogens is 2. The van der Waals surface area contributed by atoms with E-state index in [4.69, 9.17) is 4.74 Å². The van der Waals surface area contributed by atoms with Crippen LogP contribution < -0.4 is 5.32 Å². The number of ether oxygens (including phenoxy) is 2. The van der Waals surface area contributed by atoms with E-state index in [1.54, 1.807) is 12.5 Å². The van der Waals surface area contributed by atoms with Crippen LogP contribution in [0.2, 0.25) is 0 Å². The van der Waals surface area contributed by atoms with Crippen molar-refractivity contribution in [2.45, 2.75) is 26.8 Å². The lowest BCUT2D eigenvalue weighted by molar-refractivity contribution is -0.139. The Bertz CT molecular complexity index is 1020. The van der Waals surface area contributed by atoms with Crippen molar-refractivity contribution in [3.63, 3.8) is 0 Å². The summed E-state index contributed by atoms with van der Waals surface area (Å²) in [6.07, 6.45) is 0.0856. The first-order chi connectivity index (χ1) is 13.4. The molecule has 0 aliphatic carbocycles. The standard InChI is InChI=1S/C20H23N3O4S/c1-12-13(2)23(7-8-26-3)17-6-5-14(9-16(12)17)19(25)22-20-21-15(11-28-20)10-18(24)27-4/h5-6,9,11H,7-8,10H2,1-4H3,(H,21,22,25). The highest BCUT2D eigenvalue weighted by molar-refractivity contribution is 7.14. The predicted octanol–water partition coefficient (Wildman–Crippen LogP) is 3.33. The average Bonchev–Trinajstić information content (AvgIpc) is 3.22. The Morgan fingerprint density at radius 2 is 2.04 bits per heavy atom. The molecule has 0 aliphatic rings. The smallest absolute Gasteiger partial charge is 0.311 e. The summed E-state index contributed by atoms with van der Waals surface area (Å²) in [6.45, 7) is 5.52. The van der Waals surface area contributed by atoms with E-state index < -0.39 is 0 Å². The highest BCUT2D eigenvalue weighted by atomic mass is 32.1. The molecule has 0 radical (unpaired) electrons. The number of nitrogens with one attached hydrogen (secondary N) is 1. The van der Waals surface area contributed by atoms with Crippen molar-refractivity contribution in [3.8, 4) is 0 Å². The Labute approximate surface area is 167 Å². The Morgan fingerprint density at radius 1 is 1.25 bits per heavy atom. The van der Waals surface area contributed by atoms with Crippen molar-refractivity contribution < 1.29 is 19.1 Å². The molecule has 2 aromatic heterocycles. The molecule has 3 aromatic rings. The van der Waals surface area contributed by atoms with Crippen LogP contribution in [-0.2, 0) is 27.2 Å². The summed E-state index contributed by atoms with van der Waals surface area (Å²) >= 11 is 1.28. The van der Waals surface area contributed by atoms with E-state index in [0.29, 0.717) is 23.0 Å². The van der Waals surface area contributed by atoms with Gasteiger partial charge in [-0.3, -0.25) is 14.9 Å². The van der Waals surface area contributed by atoms with Crippen molar-refractivity contribution in [1.29, 1.82) is 0 Å². The van der Waals surface area contributed by atoms with Crippen molar-refractivity contribution in [2.24, 2.45) is 0 Å². The molecule has 1 amide bonds. The number of methoxy groups -OCH3 is 2. The molecule has 0 saturated heterocycles. The van der Waals surface area contributed by atoms with Gasteiger partial charge in [0.25, 0.3) is 5.91 Å². The van der Waals surface area contributed by atoms with Crippen molar-refractivity contribution in [3.05, 3.63) is 46.1 Å². The molecule has 0 saturated carbocycles. The number of amides is 1. The van der Waals surface area contributed by atoms with Gasteiger partial charge in [0.05, 0.1) is 25.8 Å². The normalized spacial score (nSPS) is 11.0. The summed E-state index contributed by atoms with van der Waals surface area (Å²) in [6, 6.07) is 5.67. The van der Waals surface area contributed by atoms with Gasteiger partial charge in [-0.05, 0) is 37.6 Å². The second-order valence-corrected chi connectivity index (χ2v) is 7.30. The number of anilines is 1. The summed E-state index contributed by atoms with van der Waals surface area (Å²) in [4.78, 5) is 28.3. The first kappa shape index (κ1) is 20.0. The fraction of sp³-hybridized carbons (Fsp3) is 0.350. The van der Waals surface area contributed by atoms with Crippen LogP contribution in [-0.4, -0.2) is 42.3 Å². The van der Waals surface area contributed by atoms with E-state index in [0.717, 1.165) is 28.7 Å². The predicted molar refractivity (Wildman–Crippen MR) is 109 cm³/mol. The maximum Gasteiger partial charge on any atom is 0.311 e. The highest BCUT2D eigenvalue weighted by Gasteiger charge is 2.15. The van der Waals surface area contributed by atoms with Gasteiger partial charge in [-0.2, -0.15) is 0 Å². The number of fused-ring (bicyclic) bond motifs is 1. The number of thiazole rings is 1. The number of esters is 1. The van der Waals surface area contributed by atoms with E-state index in [-0.39, 0.29) is 18.3 Å². The molecule has 0 aliphatic heterocycles. The third kappa shape index (κ3) is 4.07. The molecule has 1 aromatic carbocycles. The van der Waals surface area contributed by atoms with E-state index >= 15 is 0 Å². The molecular formula is C20H23N3O4S. The summed E-state index contributed by atoms with van der Waals surface area (Å²) in [7, 11) is 3.02. The van der Waals surface area contributed by atoms with Crippen LogP contribution in [0, 0.1) is 13.8 Å². The number of hydrogen-bond donors (Lipinski definition) is 1. The molecule has 28 heavy (non-hydrogen) atoms. The second kappa shape index (κ2) is 8.53. The van der Waals surface area contributed by atoms with Crippen molar-refractivity contribution in [2.75, 3.05) is 26.1 Å². The highest BCUT2D eigenvalue weighted by Crippen LogP contribution is 2.27. The van der Waals surface area contributed by atoms with E-state index in [2.05, 4.69) is 33.5 Å². The van der Waals surface area contributed by atoms with E-state index in [9.17, 15) is 9.59 Å². The molecule has 3 rings (SSSR count). The van der Waals surface area contributed by atoms with E-state index in [1.807, 2.05) is 18.2 Å². The minimum absolute atomic E-state index is 0.0856. The van der Waals surface area contributed by atoms with Gasteiger partial charge < -0.3 is 14.0 Å². The van der Waals surface area contributed by atoms with Crippen LogP contribution in [0.15, 0.2) is 23.6 Å². The number of carbonyl (C=O) groups excluding carboxylic acids is 2. The number of hydrogen-bond acceptors (Lipinski definition) is 6. The molecule has 0 fully saturated rings. The van der Waals surface area contributed by atoms with Crippen molar-refractivity contribution in [1.82, 2.24) is 9.55 Å². The molecule has 0 unspecified atom stereocenters. The summed E-state index contributed by atoms with van der Waals surface area (Å²) in [5.74, 6) is -0.597. The fourth-order valence-corrected chi connectivity index (χ4v) is 3.80. The topological polar surface area (TPSA) is 82.5 Å². The van der Waals surface area contributed by atoms with Crippen LogP contribution in [0.25, 0.3) is 10.9 Å². The maximum atomic E-state index is 12.7. The third-order valence-electron chi connectivity index (χ3n) is 4.75. The summed E-state index contributed by atoms with van der Waals surface area (Å²) < 4.78 is 12.0. The minimum atomic E-state index is -0.363. The number of nitrogens with zero attached hydrogens (tertiary/aromatic N) is 2. The van der Waals surface area contributed by atoms with Crippen LogP contribution in [0.1, 0.15) is 27.3 Å². The van der Waals surface area contributed by atoms with Crippen molar-refractivity contribution >= 4 is 39.2 Å². The van der Waals surface area contributed by atoms with Gasteiger partial charge >= 0.3 is 5.97 Å². The molecule has 1 N–H and O–H groups in total. The zero-order valence-corrected chi connectivity index (χ0v) is 17.2. The lowest BCUT2D eigenvalue weighted by Gasteiger charge is -2.08. The second-order valence-electron chi connectivity index (χ2n) is 6.44. The van der Waals surface area contributed by atoms with E-state index in [1.165, 1.54) is 18.4 Å². The van der Waals surface area contributed by atoms with Gasteiger partial charge in [0.1, 0.15) is 0 Å². The summed E-state index contributed by atoms with van der Waals surface area (Å²) in [5, 5.41) is 6.04. The van der Waals surface area contributed by atoms with Crippen LogP contribution in [0.3, 0.4) is 0 Å². The molecule has 0 atom stereocenters. The SMILES string of the molecule is COCCn1c(C)c(C)c2cc(C(=O)Nc3nc(CC(=O)OC)cs3)ccc21. The van der Waals surface area contributed by atoms with Crippen LogP contribution in [0.4, 0.5) is 5.13 Å². The third-order valence-corrected chi connectivity index (χ3v) is 5.55. The quantitative estimate of drug-likeness (QED) is 0.614. The van der Waals surface area contributed by atoms with Crippen LogP contribution >= 0.6 is 11.3 Å². The Kier molecular flexibility index (Phi) is 6.11.